The first kappa shape index (κ1) is 31.8. The first-order valence-corrected chi connectivity index (χ1v) is 14.9. The lowest BCUT2D eigenvalue weighted by Gasteiger charge is -2.25. The summed E-state index contributed by atoms with van der Waals surface area (Å²) in [7, 11) is 3.07. The van der Waals surface area contributed by atoms with Crippen LogP contribution >= 0.6 is 11.3 Å². The molecule has 3 aromatic rings. The molecule has 43 heavy (non-hydrogen) atoms. The van der Waals surface area contributed by atoms with E-state index in [-0.39, 0.29) is 30.1 Å². The van der Waals surface area contributed by atoms with Gasteiger partial charge in [-0.2, -0.15) is 0 Å². The third-order valence-corrected chi connectivity index (χ3v) is 7.78. The number of methoxy groups -OCH3 is 2. The number of hydrogen-bond donors (Lipinski definition) is 1. The molecule has 2 aromatic carbocycles. The van der Waals surface area contributed by atoms with Crippen molar-refractivity contribution >= 4 is 23.4 Å². The lowest BCUT2D eigenvalue weighted by atomic mass is 9.95. The number of rotatable bonds is 13. The predicted molar refractivity (Wildman–Crippen MR) is 164 cm³/mol. The van der Waals surface area contributed by atoms with Gasteiger partial charge in [-0.3, -0.25) is 9.36 Å². The fourth-order valence-electron chi connectivity index (χ4n) is 4.61. The van der Waals surface area contributed by atoms with Crippen LogP contribution in [0.1, 0.15) is 51.3 Å². The second kappa shape index (κ2) is 14.4. The molecule has 0 saturated heterocycles. The zero-order chi connectivity index (χ0) is 31.1. The SMILES string of the molecule is CCOc1cc(/C=c2\sc3n(c2=O)C(c2ccc(OCCC(C)C)c(OC)c2)C(C(=O)OCCOC)=C(C)N=3)ccc1O. The van der Waals surface area contributed by atoms with Crippen LogP contribution in [0.5, 0.6) is 23.0 Å². The molecule has 0 spiro atoms. The van der Waals surface area contributed by atoms with Crippen molar-refractivity contribution in [1.29, 1.82) is 0 Å². The van der Waals surface area contributed by atoms with Crippen LogP contribution in [-0.2, 0) is 14.3 Å². The number of phenolic OH excluding ortho intramolecular Hbond substituents is 1. The van der Waals surface area contributed by atoms with Crippen molar-refractivity contribution in [2.45, 2.75) is 40.2 Å². The number of esters is 1. The summed E-state index contributed by atoms with van der Waals surface area (Å²) in [6, 6.07) is 9.45. The summed E-state index contributed by atoms with van der Waals surface area (Å²) < 4.78 is 29.6. The Hall–Kier alpha value is -4.09. The number of thiazole rings is 1. The fraction of sp³-hybridized carbons (Fsp3) is 0.406. The van der Waals surface area contributed by atoms with Gasteiger partial charge in [0.15, 0.2) is 27.8 Å². The van der Waals surface area contributed by atoms with E-state index >= 15 is 0 Å². The van der Waals surface area contributed by atoms with Gasteiger partial charge in [0, 0.05) is 7.11 Å². The van der Waals surface area contributed by atoms with E-state index in [1.807, 2.05) is 13.0 Å². The lowest BCUT2D eigenvalue weighted by molar-refractivity contribution is -0.140. The molecule has 0 fully saturated rings. The molecule has 1 aliphatic heterocycles. The summed E-state index contributed by atoms with van der Waals surface area (Å²) in [6.07, 6.45) is 2.60. The maximum atomic E-state index is 14.0. The maximum Gasteiger partial charge on any atom is 0.338 e. The molecule has 0 bridgehead atoms. The Morgan fingerprint density at radius 2 is 1.86 bits per heavy atom. The fourth-order valence-corrected chi connectivity index (χ4v) is 5.66. The van der Waals surface area contributed by atoms with Crippen LogP contribution in [0.4, 0.5) is 0 Å². The van der Waals surface area contributed by atoms with E-state index in [4.69, 9.17) is 23.7 Å². The van der Waals surface area contributed by atoms with Crippen LogP contribution in [0, 0.1) is 5.92 Å². The number of aromatic hydroxyl groups is 1. The Morgan fingerprint density at radius 1 is 1.07 bits per heavy atom. The molecule has 0 amide bonds. The van der Waals surface area contributed by atoms with Crippen LogP contribution < -0.4 is 29.1 Å². The lowest BCUT2D eigenvalue weighted by Crippen LogP contribution is -2.40. The van der Waals surface area contributed by atoms with Crippen molar-refractivity contribution in [3.63, 3.8) is 0 Å². The number of phenols is 1. The van der Waals surface area contributed by atoms with E-state index in [0.717, 1.165) is 6.42 Å². The van der Waals surface area contributed by atoms with Crippen LogP contribution in [0.15, 0.2) is 57.5 Å². The third-order valence-electron chi connectivity index (χ3n) is 6.80. The number of ether oxygens (including phenoxy) is 5. The molecule has 0 saturated carbocycles. The van der Waals surface area contributed by atoms with Crippen LogP contribution in [0.3, 0.4) is 0 Å². The van der Waals surface area contributed by atoms with E-state index in [0.29, 0.717) is 62.5 Å². The van der Waals surface area contributed by atoms with Crippen molar-refractivity contribution in [3.8, 4) is 23.0 Å². The quantitative estimate of drug-likeness (QED) is 0.228. The molecule has 2 heterocycles. The second-order valence-corrected chi connectivity index (χ2v) is 11.3. The Kier molecular flexibility index (Phi) is 10.7. The smallest absolute Gasteiger partial charge is 0.338 e. The minimum absolute atomic E-state index is 0.0123. The molecule has 0 radical (unpaired) electrons. The summed E-state index contributed by atoms with van der Waals surface area (Å²) in [6.45, 7) is 9.00. The Labute approximate surface area is 254 Å². The number of hydrogen-bond acceptors (Lipinski definition) is 10. The molecule has 1 unspecified atom stereocenters. The molecule has 11 heteroatoms. The maximum absolute atomic E-state index is 14.0. The highest BCUT2D eigenvalue weighted by molar-refractivity contribution is 7.07. The Morgan fingerprint density at radius 3 is 2.56 bits per heavy atom. The third kappa shape index (κ3) is 7.29. The van der Waals surface area contributed by atoms with E-state index in [1.165, 1.54) is 29.1 Å². The number of carbonyl (C=O) groups excluding carboxylic acids is 1. The average Bonchev–Trinajstić information content (AvgIpc) is 3.28. The van der Waals surface area contributed by atoms with E-state index in [2.05, 4.69) is 18.8 Å². The van der Waals surface area contributed by atoms with Gasteiger partial charge in [-0.05, 0) is 67.7 Å². The van der Waals surface area contributed by atoms with Gasteiger partial charge in [0.25, 0.3) is 5.56 Å². The highest BCUT2D eigenvalue weighted by Crippen LogP contribution is 2.36. The van der Waals surface area contributed by atoms with E-state index in [1.54, 1.807) is 44.4 Å². The standard InChI is InChI=1S/C32H38N2O8S/c1-7-40-25-16-21(8-10-23(25)35)17-27-30(36)34-29(22-9-11-24(26(18-22)39-6)41-13-12-19(2)3)28(20(4)33-32(34)43-27)31(37)42-15-14-38-5/h8-11,16-19,29,35H,7,12-15H2,1-6H3/b27-17-. The highest BCUT2D eigenvalue weighted by Gasteiger charge is 2.34. The number of benzene rings is 2. The average molecular weight is 611 g/mol. The zero-order valence-corrected chi connectivity index (χ0v) is 26.2. The summed E-state index contributed by atoms with van der Waals surface area (Å²) in [5, 5.41) is 10.1. The van der Waals surface area contributed by atoms with Crippen molar-refractivity contribution in [2.75, 3.05) is 40.6 Å². The first-order valence-electron chi connectivity index (χ1n) is 14.1. The topological polar surface area (TPSA) is 118 Å². The number of carbonyl (C=O) groups is 1. The zero-order valence-electron chi connectivity index (χ0n) is 25.3. The van der Waals surface area contributed by atoms with Gasteiger partial charge >= 0.3 is 5.97 Å². The Bertz CT molecular complexity index is 1670. The monoisotopic (exact) mass is 610 g/mol. The van der Waals surface area contributed by atoms with Gasteiger partial charge in [0.2, 0.25) is 0 Å². The van der Waals surface area contributed by atoms with Crippen molar-refractivity contribution in [1.82, 2.24) is 4.57 Å². The van der Waals surface area contributed by atoms with Gasteiger partial charge in [-0.15, -0.1) is 0 Å². The Balaban J connectivity index is 1.85. The van der Waals surface area contributed by atoms with Crippen molar-refractivity contribution in [2.24, 2.45) is 10.9 Å². The summed E-state index contributed by atoms with van der Waals surface area (Å²) in [5.74, 6) is 1.28. The number of fused-ring (bicyclic) bond motifs is 1. The molecule has 230 valence electrons. The van der Waals surface area contributed by atoms with Crippen molar-refractivity contribution in [3.05, 3.63) is 78.5 Å². The van der Waals surface area contributed by atoms with Crippen LogP contribution in [-0.4, -0.2) is 56.3 Å². The predicted octanol–water partition coefficient (Wildman–Crippen LogP) is 3.96. The van der Waals surface area contributed by atoms with E-state index < -0.39 is 12.0 Å². The largest absolute Gasteiger partial charge is 0.504 e. The van der Waals surface area contributed by atoms with Gasteiger partial charge in [0.05, 0.1) is 48.8 Å². The minimum Gasteiger partial charge on any atom is -0.504 e. The normalized spacial score (nSPS) is 14.9. The van der Waals surface area contributed by atoms with Crippen LogP contribution in [0.25, 0.3) is 6.08 Å². The van der Waals surface area contributed by atoms with E-state index in [9.17, 15) is 14.7 Å². The molecule has 4 rings (SSSR count). The second-order valence-electron chi connectivity index (χ2n) is 10.3. The van der Waals surface area contributed by atoms with Gasteiger partial charge in [0.1, 0.15) is 6.61 Å². The minimum atomic E-state index is -0.828. The summed E-state index contributed by atoms with van der Waals surface area (Å²) in [5.41, 5.74) is 1.67. The molecular formula is C32H38N2O8S. The van der Waals surface area contributed by atoms with Crippen molar-refractivity contribution < 1.29 is 33.6 Å². The van der Waals surface area contributed by atoms with Gasteiger partial charge in [-0.25, -0.2) is 9.79 Å². The van der Waals surface area contributed by atoms with Gasteiger partial charge < -0.3 is 28.8 Å². The number of aromatic nitrogens is 1. The molecule has 1 aliphatic rings. The molecule has 1 aromatic heterocycles. The number of nitrogens with zero attached hydrogens (tertiary/aromatic N) is 2. The summed E-state index contributed by atoms with van der Waals surface area (Å²) >= 11 is 1.21. The highest BCUT2D eigenvalue weighted by atomic mass is 32.1. The molecule has 10 nitrogen and oxygen atoms in total. The van der Waals surface area contributed by atoms with Crippen LogP contribution in [0.2, 0.25) is 0 Å². The molecule has 1 N–H and O–H groups in total. The molecular weight excluding hydrogens is 572 g/mol. The van der Waals surface area contributed by atoms with Gasteiger partial charge in [-0.1, -0.05) is 37.3 Å². The summed E-state index contributed by atoms with van der Waals surface area (Å²) in [4.78, 5) is 32.5. The number of allylic oxidation sites excluding steroid dienone is 1. The molecule has 0 aliphatic carbocycles. The first-order chi connectivity index (χ1) is 20.7. The molecule has 1 atom stereocenters.